The molecular weight excluding hydrogens is 361 g/mol. The zero-order chi connectivity index (χ0) is 18.0. The Morgan fingerprint density at radius 3 is 2.56 bits per heavy atom. The number of aromatic hydroxyl groups is 1. The lowest BCUT2D eigenvalue weighted by atomic mass is 10.2. The van der Waals surface area contributed by atoms with Gasteiger partial charge in [0.05, 0.1) is 23.5 Å². The first kappa shape index (κ1) is 17.3. The molecule has 128 valence electrons. The molecule has 2 aromatic carbocycles. The van der Waals surface area contributed by atoms with Gasteiger partial charge in [-0.3, -0.25) is 4.79 Å². The van der Waals surface area contributed by atoms with Crippen molar-refractivity contribution < 1.29 is 9.90 Å². The highest BCUT2D eigenvalue weighted by Crippen LogP contribution is 2.26. The fraction of sp³-hybridized carbons (Fsp3) is 0.111. The van der Waals surface area contributed by atoms with Gasteiger partial charge in [0.15, 0.2) is 0 Å². The number of benzene rings is 2. The summed E-state index contributed by atoms with van der Waals surface area (Å²) in [6, 6.07) is 13.8. The summed E-state index contributed by atoms with van der Waals surface area (Å²) >= 11 is 12.5. The minimum atomic E-state index is -0.436. The van der Waals surface area contributed by atoms with E-state index in [-0.39, 0.29) is 16.5 Å². The van der Waals surface area contributed by atoms with E-state index in [0.29, 0.717) is 22.9 Å². The molecule has 0 atom stereocenters. The number of aryl methyl sites for hydroxylation is 1. The number of hydrogen-bond acceptors (Lipinski definition) is 3. The molecule has 1 amide bonds. The lowest BCUT2D eigenvalue weighted by molar-refractivity contribution is 0.102. The smallest absolute Gasteiger partial charge is 0.260 e. The molecule has 1 aromatic heterocycles. The van der Waals surface area contributed by atoms with Crippen LogP contribution in [0.1, 0.15) is 21.6 Å². The lowest BCUT2D eigenvalue weighted by Gasteiger charge is -2.08. The van der Waals surface area contributed by atoms with Crippen molar-refractivity contribution in [3.05, 3.63) is 75.5 Å². The Morgan fingerprint density at radius 1 is 1.16 bits per heavy atom. The summed E-state index contributed by atoms with van der Waals surface area (Å²) in [7, 11) is 0. The third kappa shape index (κ3) is 3.62. The van der Waals surface area contributed by atoms with Gasteiger partial charge in [0, 0.05) is 5.02 Å². The van der Waals surface area contributed by atoms with Gasteiger partial charge < -0.3 is 10.4 Å². The summed E-state index contributed by atoms with van der Waals surface area (Å²) in [4.78, 5) is 12.6. The third-order valence-electron chi connectivity index (χ3n) is 3.72. The molecule has 0 aliphatic heterocycles. The third-order valence-corrected chi connectivity index (χ3v) is 4.48. The number of rotatable bonds is 4. The zero-order valence-corrected chi connectivity index (χ0v) is 14.8. The average Bonchev–Trinajstić information content (AvgIpc) is 2.86. The molecule has 0 radical (unpaired) electrons. The molecule has 3 rings (SSSR count). The first-order valence-electron chi connectivity index (χ1n) is 7.53. The van der Waals surface area contributed by atoms with Gasteiger partial charge in [0.2, 0.25) is 0 Å². The summed E-state index contributed by atoms with van der Waals surface area (Å²) in [5.41, 5.74) is 1.91. The molecule has 2 N–H and O–H groups in total. The van der Waals surface area contributed by atoms with Gasteiger partial charge in [-0.1, -0.05) is 53.5 Å². The van der Waals surface area contributed by atoms with Crippen LogP contribution in [0.2, 0.25) is 10.2 Å². The molecule has 0 aliphatic rings. The van der Waals surface area contributed by atoms with Crippen molar-refractivity contribution in [2.45, 2.75) is 13.5 Å². The van der Waals surface area contributed by atoms with Crippen LogP contribution in [0, 0.1) is 6.92 Å². The second-order valence-corrected chi connectivity index (χ2v) is 6.24. The van der Waals surface area contributed by atoms with Crippen LogP contribution < -0.4 is 5.32 Å². The van der Waals surface area contributed by atoms with Crippen LogP contribution in [0.3, 0.4) is 0 Å². The van der Waals surface area contributed by atoms with E-state index < -0.39 is 5.91 Å². The van der Waals surface area contributed by atoms with E-state index in [9.17, 15) is 9.90 Å². The lowest BCUT2D eigenvalue weighted by Crippen LogP contribution is -2.13. The molecule has 3 aromatic rings. The molecule has 0 fully saturated rings. The number of halogens is 2. The SMILES string of the molecule is Cc1nn(Cc2ccccc2Cl)c(Cl)c1C(=O)Nc1ccccc1O. The van der Waals surface area contributed by atoms with Crippen LogP contribution in [-0.4, -0.2) is 20.8 Å². The molecule has 0 bridgehead atoms. The highest BCUT2D eigenvalue weighted by molar-refractivity contribution is 6.34. The highest BCUT2D eigenvalue weighted by atomic mass is 35.5. The van der Waals surface area contributed by atoms with Crippen molar-refractivity contribution >= 4 is 34.8 Å². The zero-order valence-electron chi connectivity index (χ0n) is 13.3. The van der Waals surface area contributed by atoms with E-state index in [1.54, 1.807) is 31.2 Å². The Morgan fingerprint density at radius 2 is 1.84 bits per heavy atom. The first-order chi connectivity index (χ1) is 12.0. The minimum absolute atomic E-state index is 0.0203. The Labute approximate surface area is 154 Å². The van der Waals surface area contributed by atoms with Crippen LogP contribution in [0.4, 0.5) is 5.69 Å². The fourth-order valence-corrected chi connectivity index (χ4v) is 2.98. The topological polar surface area (TPSA) is 67.2 Å². The Kier molecular flexibility index (Phi) is 4.97. The number of nitrogens with zero attached hydrogens (tertiary/aromatic N) is 2. The predicted molar refractivity (Wildman–Crippen MR) is 98.6 cm³/mol. The van der Waals surface area contributed by atoms with Gasteiger partial charge in [-0.15, -0.1) is 0 Å². The first-order valence-corrected chi connectivity index (χ1v) is 8.28. The standard InChI is InChI=1S/C18H15Cl2N3O2/c1-11-16(18(25)21-14-8-4-5-9-15(14)24)17(20)23(22-11)10-12-6-2-3-7-13(12)19/h2-9,24H,10H2,1H3,(H,21,25). The molecule has 1 heterocycles. The van der Waals surface area contributed by atoms with E-state index in [1.165, 1.54) is 10.7 Å². The van der Waals surface area contributed by atoms with Crippen molar-refractivity contribution in [2.24, 2.45) is 0 Å². The van der Waals surface area contributed by atoms with Crippen molar-refractivity contribution in [2.75, 3.05) is 5.32 Å². The molecule has 5 nitrogen and oxygen atoms in total. The van der Waals surface area contributed by atoms with Crippen LogP contribution in [-0.2, 0) is 6.54 Å². The van der Waals surface area contributed by atoms with Gasteiger partial charge in [-0.05, 0) is 30.7 Å². The van der Waals surface area contributed by atoms with Crippen molar-refractivity contribution in [3.8, 4) is 5.75 Å². The summed E-state index contributed by atoms with van der Waals surface area (Å²) in [6.07, 6.45) is 0. The molecule has 7 heteroatoms. The van der Waals surface area contributed by atoms with E-state index >= 15 is 0 Å². The predicted octanol–water partition coefficient (Wildman–Crippen LogP) is 4.50. The van der Waals surface area contributed by atoms with Crippen molar-refractivity contribution in [3.63, 3.8) is 0 Å². The quantitative estimate of drug-likeness (QED) is 0.659. The Balaban J connectivity index is 1.88. The number of para-hydroxylation sites is 2. The van der Waals surface area contributed by atoms with Gasteiger partial charge in [0.1, 0.15) is 10.9 Å². The molecule has 0 spiro atoms. The number of phenolic OH excluding ortho intramolecular Hbond substituents is 1. The molecule has 25 heavy (non-hydrogen) atoms. The van der Waals surface area contributed by atoms with E-state index in [4.69, 9.17) is 23.2 Å². The summed E-state index contributed by atoms with van der Waals surface area (Å²) in [5.74, 6) is -0.456. The molecule has 0 aliphatic carbocycles. The minimum Gasteiger partial charge on any atom is -0.506 e. The van der Waals surface area contributed by atoms with E-state index in [1.807, 2.05) is 18.2 Å². The Bertz CT molecular complexity index is 938. The molecule has 0 saturated heterocycles. The van der Waals surface area contributed by atoms with Gasteiger partial charge >= 0.3 is 0 Å². The van der Waals surface area contributed by atoms with E-state index in [0.717, 1.165) is 5.56 Å². The maximum atomic E-state index is 12.6. The summed E-state index contributed by atoms with van der Waals surface area (Å²) in [6.45, 7) is 2.05. The average molecular weight is 376 g/mol. The maximum Gasteiger partial charge on any atom is 0.260 e. The molecule has 0 saturated carbocycles. The van der Waals surface area contributed by atoms with Gasteiger partial charge in [0.25, 0.3) is 5.91 Å². The Hall–Kier alpha value is -2.50. The van der Waals surface area contributed by atoms with E-state index in [2.05, 4.69) is 10.4 Å². The van der Waals surface area contributed by atoms with Crippen LogP contribution in [0.5, 0.6) is 5.75 Å². The monoisotopic (exact) mass is 375 g/mol. The van der Waals surface area contributed by atoms with Gasteiger partial charge in [-0.25, -0.2) is 4.68 Å². The number of hydrogen-bond donors (Lipinski definition) is 2. The normalized spacial score (nSPS) is 10.7. The second-order valence-electron chi connectivity index (χ2n) is 5.47. The number of carbonyl (C=O) groups is 1. The molecule has 0 unspecified atom stereocenters. The molecular formula is C18H15Cl2N3O2. The highest BCUT2D eigenvalue weighted by Gasteiger charge is 2.21. The maximum absolute atomic E-state index is 12.6. The number of carbonyl (C=O) groups excluding carboxylic acids is 1. The fourth-order valence-electron chi connectivity index (χ4n) is 2.47. The van der Waals surface area contributed by atoms with Crippen molar-refractivity contribution in [1.29, 1.82) is 0 Å². The van der Waals surface area contributed by atoms with Crippen LogP contribution in [0.25, 0.3) is 0 Å². The largest absolute Gasteiger partial charge is 0.506 e. The number of nitrogens with one attached hydrogen (secondary N) is 1. The van der Waals surface area contributed by atoms with Crippen molar-refractivity contribution in [1.82, 2.24) is 9.78 Å². The second kappa shape index (κ2) is 7.17. The number of aromatic nitrogens is 2. The van der Waals surface area contributed by atoms with Gasteiger partial charge in [-0.2, -0.15) is 5.10 Å². The number of amides is 1. The summed E-state index contributed by atoms with van der Waals surface area (Å²) < 4.78 is 1.53. The number of phenols is 1. The summed E-state index contributed by atoms with van der Waals surface area (Å²) in [5, 5.41) is 17.6. The number of anilines is 1. The van der Waals surface area contributed by atoms with Crippen LogP contribution in [0.15, 0.2) is 48.5 Å². The van der Waals surface area contributed by atoms with Crippen LogP contribution >= 0.6 is 23.2 Å².